The molecule has 1 N–H and O–H groups in total. The van der Waals surface area contributed by atoms with E-state index < -0.39 is 41.7 Å². The SMILES string of the molecule is CC(=O)[C@@H](Cc1ccccc1)NC(=O)COC(=O)c1c(F)cccc1F. The summed E-state index contributed by atoms with van der Waals surface area (Å²) < 4.78 is 31.6. The third-order valence-electron chi connectivity index (χ3n) is 3.61. The minimum Gasteiger partial charge on any atom is -0.452 e. The van der Waals surface area contributed by atoms with E-state index in [1.54, 1.807) is 12.1 Å². The van der Waals surface area contributed by atoms with Gasteiger partial charge in [-0.25, -0.2) is 13.6 Å². The Hall–Kier alpha value is -3.09. The molecule has 2 aromatic carbocycles. The van der Waals surface area contributed by atoms with Gasteiger partial charge in [0.1, 0.15) is 17.2 Å². The zero-order valence-electron chi connectivity index (χ0n) is 14.0. The Bertz CT molecular complexity index is 788. The molecule has 7 heteroatoms. The van der Waals surface area contributed by atoms with Crippen molar-refractivity contribution in [3.63, 3.8) is 0 Å². The van der Waals surface area contributed by atoms with E-state index in [1.165, 1.54) is 6.92 Å². The average Bonchev–Trinajstić information content (AvgIpc) is 2.60. The number of halogens is 2. The van der Waals surface area contributed by atoms with Crippen LogP contribution in [0.3, 0.4) is 0 Å². The van der Waals surface area contributed by atoms with E-state index in [4.69, 9.17) is 0 Å². The van der Waals surface area contributed by atoms with Gasteiger partial charge in [0.05, 0.1) is 6.04 Å². The predicted octanol–water partition coefficient (Wildman–Crippen LogP) is 2.44. The largest absolute Gasteiger partial charge is 0.452 e. The highest BCUT2D eigenvalue weighted by atomic mass is 19.1. The average molecular weight is 361 g/mol. The number of carbonyl (C=O) groups excluding carboxylic acids is 3. The molecule has 0 spiro atoms. The molecule has 26 heavy (non-hydrogen) atoms. The Morgan fingerprint density at radius 3 is 2.19 bits per heavy atom. The first-order chi connectivity index (χ1) is 12.4. The molecule has 0 radical (unpaired) electrons. The Kier molecular flexibility index (Phi) is 6.54. The third-order valence-corrected chi connectivity index (χ3v) is 3.61. The van der Waals surface area contributed by atoms with Gasteiger partial charge in [-0.15, -0.1) is 0 Å². The summed E-state index contributed by atoms with van der Waals surface area (Å²) in [5.74, 6) is -4.47. The summed E-state index contributed by atoms with van der Waals surface area (Å²) in [6.45, 7) is 0.569. The molecule has 136 valence electrons. The molecule has 5 nitrogen and oxygen atoms in total. The first-order valence-corrected chi connectivity index (χ1v) is 7.83. The lowest BCUT2D eigenvalue weighted by Gasteiger charge is -2.16. The maximum atomic E-state index is 13.5. The van der Waals surface area contributed by atoms with E-state index >= 15 is 0 Å². The van der Waals surface area contributed by atoms with Crippen LogP contribution in [0.15, 0.2) is 48.5 Å². The smallest absolute Gasteiger partial charge is 0.344 e. The molecule has 2 rings (SSSR count). The van der Waals surface area contributed by atoms with Crippen molar-refractivity contribution in [3.05, 3.63) is 71.3 Å². The van der Waals surface area contributed by atoms with Gasteiger partial charge in [-0.05, 0) is 31.0 Å². The van der Waals surface area contributed by atoms with Crippen LogP contribution in [-0.2, 0) is 20.7 Å². The summed E-state index contributed by atoms with van der Waals surface area (Å²) in [6.07, 6.45) is 0.276. The first kappa shape index (κ1) is 19.2. The van der Waals surface area contributed by atoms with Crippen LogP contribution >= 0.6 is 0 Å². The minimum absolute atomic E-state index is 0.270. The number of Topliss-reactive ketones (excluding diaryl/α,β-unsaturated/α-hetero) is 1. The monoisotopic (exact) mass is 361 g/mol. The number of hydrogen-bond acceptors (Lipinski definition) is 4. The van der Waals surface area contributed by atoms with Crippen molar-refractivity contribution in [1.82, 2.24) is 5.32 Å². The Morgan fingerprint density at radius 1 is 1.00 bits per heavy atom. The summed E-state index contributed by atoms with van der Waals surface area (Å²) in [5.41, 5.74) is -0.0221. The van der Waals surface area contributed by atoms with Gasteiger partial charge in [0.2, 0.25) is 0 Å². The molecule has 0 saturated heterocycles. The Balaban J connectivity index is 1.94. The highest BCUT2D eigenvalue weighted by molar-refractivity contribution is 5.93. The molecule has 0 bridgehead atoms. The fraction of sp³-hybridized carbons (Fsp3) is 0.211. The van der Waals surface area contributed by atoms with E-state index in [9.17, 15) is 23.2 Å². The molecule has 0 aliphatic carbocycles. The number of carbonyl (C=O) groups is 3. The Morgan fingerprint density at radius 2 is 1.62 bits per heavy atom. The van der Waals surface area contributed by atoms with Crippen LogP contribution in [0.5, 0.6) is 0 Å². The fourth-order valence-electron chi connectivity index (χ4n) is 2.28. The van der Waals surface area contributed by atoms with Gasteiger partial charge in [-0.2, -0.15) is 0 Å². The quantitative estimate of drug-likeness (QED) is 0.769. The van der Waals surface area contributed by atoms with Crippen molar-refractivity contribution in [2.24, 2.45) is 0 Å². The van der Waals surface area contributed by atoms with Crippen molar-refractivity contribution in [2.45, 2.75) is 19.4 Å². The molecule has 2 aromatic rings. The Labute approximate surface area is 149 Å². The van der Waals surface area contributed by atoms with Crippen molar-refractivity contribution >= 4 is 17.7 Å². The summed E-state index contributed by atoms with van der Waals surface area (Å²) in [5, 5.41) is 2.45. The standard InChI is InChI=1S/C19H17F2NO4/c1-12(23)16(10-13-6-3-2-4-7-13)22-17(24)11-26-19(25)18-14(20)8-5-9-15(18)21/h2-9,16H,10-11H2,1H3,(H,22,24)/t16-/m1/s1. The lowest BCUT2D eigenvalue weighted by Crippen LogP contribution is -2.43. The van der Waals surface area contributed by atoms with Crippen LogP contribution < -0.4 is 5.32 Å². The summed E-state index contributed by atoms with van der Waals surface area (Å²) in [6, 6.07) is 11.2. The number of benzene rings is 2. The van der Waals surface area contributed by atoms with Crippen LogP contribution in [0, 0.1) is 11.6 Å². The zero-order valence-corrected chi connectivity index (χ0v) is 14.0. The first-order valence-electron chi connectivity index (χ1n) is 7.83. The van der Waals surface area contributed by atoms with E-state index in [0.29, 0.717) is 0 Å². The van der Waals surface area contributed by atoms with E-state index in [1.807, 2.05) is 18.2 Å². The molecule has 0 aliphatic rings. The van der Waals surface area contributed by atoms with Gasteiger partial charge in [0, 0.05) is 0 Å². The number of hydrogen-bond donors (Lipinski definition) is 1. The van der Waals surface area contributed by atoms with Crippen molar-refractivity contribution in [2.75, 3.05) is 6.61 Å². The molecular weight excluding hydrogens is 344 g/mol. The van der Waals surface area contributed by atoms with Gasteiger partial charge < -0.3 is 10.1 Å². The maximum absolute atomic E-state index is 13.5. The number of esters is 1. The zero-order chi connectivity index (χ0) is 19.1. The van der Waals surface area contributed by atoms with Crippen molar-refractivity contribution in [3.8, 4) is 0 Å². The molecule has 0 saturated carbocycles. The molecule has 1 amide bonds. The molecule has 0 aromatic heterocycles. The predicted molar refractivity (Wildman–Crippen MR) is 89.4 cm³/mol. The molecular formula is C19H17F2NO4. The molecule has 0 unspecified atom stereocenters. The van der Waals surface area contributed by atoms with Crippen LogP contribution in [0.25, 0.3) is 0 Å². The highest BCUT2D eigenvalue weighted by Crippen LogP contribution is 2.13. The lowest BCUT2D eigenvalue weighted by molar-refractivity contribution is -0.128. The van der Waals surface area contributed by atoms with Crippen LogP contribution in [-0.4, -0.2) is 30.3 Å². The van der Waals surface area contributed by atoms with Gasteiger partial charge in [0.15, 0.2) is 12.4 Å². The lowest BCUT2D eigenvalue weighted by atomic mass is 10.0. The number of nitrogens with one attached hydrogen (secondary N) is 1. The minimum atomic E-state index is -1.29. The number of ketones is 1. The third kappa shape index (κ3) is 5.20. The number of ether oxygens (including phenoxy) is 1. The summed E-state index contributed by atoms with van der Waals surface area (Å²) in [7, 11) is 0. The molecule has 0 aliphatic heterocycles. The topological polar surface area (TPSA) is 72.5 Å². The number of amides is 1. The molecule has 0 fully saturated rings. The molecule has 0 heterocycles. The van der Waals surface area contributed by atoms with Gasteiger partial charge in [-0.1, -0.05) is 36.4 Å². The number of rotatable bonds is 7. The van der Waals surface area contributed by atoms with E-state index in [0.717, 1.165) is 23.8 Å². The van der Waals surface area contributed by atoms with Crippen molar-refractivity contribution < 1.29 is 27.9 Å². The second-order valence-corrected chi connectivity index (χ2v) is 5.59. The van der Waals surface area contributed by atoms with Crippen LogP contribution in [0.4, 0.5) is 8.78 Å². The van der Waals surface area contributed by atoms with E-state index in [-0.39, 0.29) is 12.2 Å². The van der Waals surface area contributed by atoms with Crippen molar-refractivity contribution in [1.29, 1.82) is 0 Å². The maximum Gasteiger partial charge on any atom is 0.344 e. The molecule has 1 atom stereocenters. The van der Waals surface area contributed by atoms with Crippen LogP contribution in [0.2, 0.25) is 0 Å². The van der Waals surface area contributed by atoms with Gasteiger partial charge >= 0.3 is 5.97 Å². The second kappa shape index (κ2) is 8.84. The summed E-state index contributed by atoms with van der Waals surface area (Å²) in [4.78, 5) is 35.4. The highest BCUT2D eigenvalue weighted by Gasteiger charge is 2.21. The van der Waals surface area contributed by atoms with E-state index in [2.05, 4.69) is 10.1 Å². The van der Waals surface area contributed by atoms with Gasteiger partial charge in [0.25, 0.3) is 5.91 Å². The normalized spacial score (nSPS) is 11.5. The second-order valence-electron chi connectivity index (χ2n) is 5.59. The van der Waals surface area contributed by atoms with Crippen LogP contribution in [0.1, 0.15) is 22.8 Å². The van der Waals surface area contributed by atoms with Gasteiger partial charge in [-0.3, -0.25) is 9.59 Å². The summed E-state index contributed by atoms with van der Waals surface area (Å²) >= 11 is 0. The fourth-order valence-corrected chi connectivity index (χ4v) is 2.28.